The van der Waals surface area contributed by atoms with Crippen LogP contribution in [0.2, 0.25) is 0 Å². The molecule has 1 aliphatic rings. The van der Waals surface area contributed by atoms with Gasteiger partial charge >= 0.3 is 0 Å². The third-order valence-electron chi connectivity index (χ3n) is 5.72. The highest BCUT2D eigenvalue weighted by molar-refractivity contribution is 7.13. The Morgan fingerprint density at radius 2 is 2.03 bits per heavy atom. The highest BCUT2D eigenvalue weighted by atomic mass is 32.1. The van der Waals surface area contributed by atoms with Crippen molar-refractivity contribution in [1.29, 1.82) is 0 Å². The molecule has 1 atom stereocenters. The number of hydrogen-bond donors (Lipinski definition) is 0. The molecule has 1 unspecified atom stereocenters. The lowest BCUT2D eigenvalue weighted by molar-refractivity contribution is -0.134. The van der Waals surface area contributed by atoms with Crippen LogP contribution in [-0.2, 0) is 18.3 Å². The molecule has 7 heteroatoms. The van der Waals surface area contributed by atoms with Crippen LogP contribution in [0.25, 0.3) is 10.4 Å². The number of thiophene rings is 1. The summed E-state index contributed by atoms with van der Waals surface area (Å²) < 4.78 is 1.77. The second kappa shape index (κ2) is 9.47. The molecular formula is C24H28N4O2S. The summed E-state index contributed by atoms with van der Waals surface area (Å²) in [5, 5.41) is 2.07. The predicted molar refractivity (Wildman–Crippen MR) is 123 cm³/mol. The highest BCUT2D eigenvalue weighted by Crippen LogP contribution is 2.30. The van der Waals surface area contributed by atoms with Gasteiger partial charge in [0.25, 0.3) is 5.91 Å². The molecule has 3 aromatic rings. The minimum Gasteiger partial charge on any atom is -0.341 e. The summed E-state index contributed by atoms with van der Waals surface area (Å²) in [6.45, 7) is 4.30. The van der Waals surface area contributed by atoms with Crippen molar-refractivity contribution in [2.75, 3.05) is 26.2 Å². The normalized spacial score (nSPS) is 17.1. The number of carbonyl (C=O) groups excluding carboxylic acids is 2. The number of aromatic nitrogens is 2. The third kappa shape index (κ3) is 4.71. The van der Waals surface area contributed by atoms with Gasteiger partial charge in [0.05, 0.1) is 12.2 Å². The van der Waals surface area contributed by atoms with Gasteiger partial charge < -0.3 is 14.4 Å². The summed E-state index contributed by atoms with van der Waals surface area (Å²) in [5.74, 6) is -0.245. The Bertz CT molecular complexity index is 1040. The van der Waals surface area contributed by atoms with Gasteiger partial charge in [0.15, 0.2) is 0 Å². The van der Waals surface area contributed by atoms with Crippen molar-refractivity contribution in [3.63, 3.8) is 0 Å². The first kappa shape index (κ1) is 21.3. The SMILES string of the molecule is CCCN1CCN(C(=O)c2cn(C)cn2)CC(Cc2ccccc2-c2cccs2)C1=O. The molecule has 6 nitrogen and oxygen atoms in total. The summed E-state index contributed by atoms with van der Waals surface area (Å²) >= 11 is 1.70. The summed E-state index contributed by atoms with van der Waals surface area (Å²) in [6, 6.07) is 12.4. The fraction of sp³-hybridized carbons (Fsp3) is 0.375. The molecule has 0 saturated carbocycles. The first-order valence-electron chi connectivity index (χ1n) is 10.7. The Hall–Kier alpha value is -2.93. The number of rotatable bonds is 6. The van der Waals surface area contributed by atoms with E-state index in [2.05, 4.69) is 35.5 Å². The zero-order valence-corrected chi connectivity index (χ0v) is 18.8. The van der Waals surface area contributed by atoms with E-state index in [1.165, 1.54) is 10.4 Å². The first-order valence-corrected chi connectivity index (χ1v) is 11.6. The summed E-state index contributed by atoms with van der Waals surface area (Å²) in [4.78, 5) is 35.7. The predicted octanol–water partition coefficient (Wildman–Crippen LogP) is 3.70. The summed E-state index contributed by atoms with van der Waals surface area (Å²) in [5.41, 5.74) is 2.74. The Balaban J connectivity index is 1.62. The molecule has 2 aromatic heterocycles. The van der Waals surface area contributed by atoms with Gasteiger partial charge in [-0.05, 0) is 35.4 Å². The maximum absolute atomic E-state index is 13.4. The molecular weight excluding hydrogens is 408 g/mol. The Morgan fingerprint density at radius 3 is 2.74 bits per heavy atom. The average molecular weight is 437 g/mol. The van der Waals surface area contributed by atoms with Gasteiger partial charge in [-0.2, -0.15) is 0 Å². The van der Waals surface area contributed by atoms with E-state index in [1.807, 2.05) is 30.1 Å². The number of amides is 2. The van der Waals surface area contributed by atoms with Gasteiger partial charge in [0.2, 0.25) is 5.91 Å². The lowest BCUT2D eigenvalue weighted by Gasteiger charge is -2.24. The molecule has 4 rings (SSSR count). The summed E-state index contributed by atoms with van der Waals surface area (Å²) in [7, 11) is 1.85. The standard InChI is InChI=1S/C24H28N4O2S/c1-3-10-27-11-12-28(24(30)21-16-26(2)17-25-21)15-19(23(27)29)14-18-7-4-5-8-20(18)22-9-6-13-31-22/h4-9,13,16-17,19H,3,10-12,14-15H2,1-2H3. The van der Waals surface area contributed by atoms with Crippen molar-refractivity contribution < 1.29 is 9.59 Å². The zero-order valence-electron chi connectivity index (χ0n) is 18.0. The highest BCUT2D eigenvalue weighted by Gasteiger charge is 2.33. The van der Waals surface area contributed by atoms with Crippen LogP contribution in [0.1, 0.15) is 29.4 Å². The molecule has 1 saturated heterocycles. The van der Waals surface area contributed by atoms with Crippen LogP contribution in [-0.4, -0.2) is 57.3 Å². The monoisotopic (exact) mass is 436 g/mol. The number of nitrogens with zero attached hydrogens (tertiary/aromatic N) is 4. The van der Waals surface area contributed by atoms with Crippen molar-refractivity contribution in [3.8, 4) is 10.4 Å². The molecule has 0 spiro atoms. The fourth-order valence-corrected chi connectivity index (χ4v) is 4.98. The van der Waals surface area contributed by atoms with E-state index in [4.69, 9.17) is 0 Å². The van der Waals surface area contributed by atoms with E-state index in [1.54, 1.807) is 33.3 Å². The van der Waals surface area contributed by atoms with E-state index in [-0.39, 0.29) is 17.7 Å². The minimum atomic E-state index is -0.275. The lowest BCUT2D eigenvalue weighted by atomic mass is 9.93. The van der Waals surface area contributed by atoms with E-state index in [9.17, 15) is 9.59 Å². The van der Waals surface area contributed by atoms with Gasteiger partial charge in [-0.3, -0.25) is 9.59 Å². The lowest BCUT2D eigenvalue weighted by Crippen LogP contribution is -2.38. The topological polar surface area (TPSA) is 58.4 Å². The molecule has 0 radical (unpaired) electrons. The number of benzene rings is 1. The largest absolute Gasteiger partial charge is 0.341 e. The van der Waals surface area contributed by atoms with Crippen LogP contribution in [0, 0.1) is 5.92 Å². The van der Waals surface area contributed by atoms with Gasteiger partial charge in [-0.15, -0.1) is 11.3 Å². The third-order valence-corrected chi connectivity index (χ3v) is 6.62. The summed E-state index contributed by atoms with van der Waals surface area (Å²) in [6.07, 6.45) is 4.88. The van der Waals surface area contributed by atoms with E-state index in [0.29, 0.717) is 38.3 Å². The zero-order chi connectivity index (χ0) is 21.8. The number of imidazole rings is 1. The van der Waals surface area contributed by atoms with E-state index in [0.717, 1.165) is 12.0 Å². The van der Waals surface area contributed by atoms with Crippen molar-refractivity contribution in [2.24, 2.45) is 13.0 Å². The smallest absolute Gasteiger partial charge is 0.274 e. The second-order valence-electron chi connectivity index (χ2n) is 8.04. The maximum atomic E-state index is 13.4. The fourth-order valence-electron chi connectivity index (χ4n) is 4.19. The maximum Gasteiger partial charge on any atom is 0.274 e. The molecule has 1 aromatic carbocycles. The van der Waals surface area contributed by atoms with Crippen molar-refractivity contribution in [3.05, 3.63) is 65.6 Å². The van der Waals surface area contributed by atoms with Gasteiger partial charge in [0, 0.05) is 44.3 Å². The molecule has 2 amide bonds. The van der Waals surface area contributed by atoms with Gasteiger partial charge in [-0.25, -0.2) is 4.98 Å². The Labute approximate surface area is 187 Å². The first-order chi connectivity index (χ1) is 15.1. The van der Waals surface area contributed by atoms with Gasteiger partial charge in [-0.1, -0.05) is 37.3 Å². The molecule has 0 bridgehead atoms. The quantitative estimate of drug-likeness (QED) is 0.592. The van der Waals surface area contributed by atoms with Crippen molar-refractivity contribution in [1.82, 2.24) is 19.4 Å². The number of aryl methyl sites for hydroxylation is 1. The van der Waals surface area contributed by atoms with Crippen LogP contribution in [0.3, 0.4) is 0 Å². The second-order valence-corrected chi connectivity index (χ2v) is 8.98. The molecule has 1 fully saturated rings. The van der Waals surface area contributed by atoms with E-state index < -0.39 is 0 Å². The van der Waals surface area contributed by atoms with Crippen LogP contribution in [0.4, 0.5) is 0 Å². The molecule has 0 aliphatic carbocycles. The van der Waals surface area contributed by atoms with Crippen LogP contribution < -0.4 is 0 Å². The number of carbonyl (C=O) groups is 2. The van der Waals surface area contributed by atoms with Crippen LogP contribution in [0.15, 0.2) is 54.3 Å². The van der Waals surface area contributed by atoms with Crippen LogP contribution in [0.5, 0.6) is 0 Å². The van der Waals surface area contributed by atoms with Gasteiger partial charge in [0.1, 0.15) is 5.69 Å². The molecule has 162 valence electrons. The van der Waals surface area contributed by atoms with Crippen molar-refractivity contribution >= 4 is 23.2 Å². The molecule has 1 aliphatic heterocycles. The average Bonchev–Trinajstić information content (AvgIpc) is 3.43. The Morgan fingerprint density at radius 1 is 1.19 bits per heavy atom. The molecule has 31 heavy (non-hydrogen) atoms. The Kier molecular flexibility index (Phi) is 6.51. The molecule has 3 heterocycles. The van der Waals surface area contributed by atoms with Crippen LogP contribution >= 0.6 is 11.3 Å². The molecule has 0 N–H and O–H groups in total. The van der Waals surface area contributed by atoms with Crippen molar-refractivity contribution in [2.45, 2.75) is 19.8 Å². The minimum absolute atomic E-state index is 0.108. The number of hydrogen-bond acceptors (Lipinski definition) is 4. The van der Waals surface area contributed by atoms with E-state index >= 15 is 0 Å².